The maximum absolute atomic E-state index is 11.9. The molecule has 98 valence electrons. The molecule has 5 heteroatoms. The van der Waals surface area contributed by atoms with Crippen LogP contribution in [0.5, 0.6) is 0 Å². The van der Waals surface area contributed by atoms with Gasteiger partial charge < -0.3 is 16.2 Å². The van der Waals surface area contributed by atoms with E-state index in [1.807, 2.05) is 6.92 Å². The number of carbonyl (C=O) groups is 2. The van der Waals surface area contributed by atoms with Crippen LogP contribution in [0.2, 0.25) is 0 Å². The predicted octanol–water partition coefficient (Wildman–Crippen LogP) is 0.873. The van der Waals surface area contributed by atoms with E-state index >= 15 is 0 Å². The molecule has 0 heterocycles. The molecule has 1 fully saturated rings. The molecule has 17 heavy (non-hydrogen) atoms. The lowest BCUT2D eigenvalue weighted by molar-refractivity contribution is -0.142. The van der Waals surface area contributed by atoms with Crippen LogP contribution in [0.15, 0.2) is 0 Å². The van der Waals surface area contributed by atoms with E-state index in [2.05, 4.69) is 5.32 Å². The highest BCUT2D eigenvalue weighted by molar-refractivity contribution is 5.84. The second-order valence-corrected chi connectivity index (χ2v) is 4.80. The molecular weight excluding hydrogens is 220 g/mol. The van der Waals surface area contributed by atoms with E-state index < -0.39 is 12.0 Å². The second-order valence-electron chi connectivity index (χ2n) is 4.80. The molecule has 1 aliphatic carbocycles. The van der Waals surface area contributed by atoms with Crippen molar-refractivity contribution < 1.29 is 14.7 Å². The Morgan fingerprint density at radius 1 is 1.35 bits per heavy atom. The van der Waals surface area contributed by atoms with Gasteiger partial charge in [0.1, 0.15) is 6.04 Å². The van der Waals surface area contributed by atoms with Crippen molar-refractivity contribution in [3.63, 3.8) is 0 Å². The highest BCUT2D eigenvalue weighted by Gasteiger charge is 2.27. The Kier molecular flexibility index (Phi) is 5.41. The van der Waals surface area contributed by atoms with E-state index in [1.54, 1.807) is 0 Å². The van der Waals surface area contributed by atoms with Crippen molar-refractivity contribution in [3.8, 4) is 0 Å². The van der Waals surface area contributed by atoms with Crippen LogP contribution in [-0.2, 0) is 9.59 Å². The van der Waals surface area contributed by atoms with Gasteiger partial charge in [-0.05, 0) is 32.1 Å². The van der Waals surface area contributed by atoms with Gasteiger partial charge in [0.15, 0.2) is 0 Å². The molecule has 0 aromatic heterocycles. The van der Waals surface area contributed by atoms with Crippen molar-refractivity contribution in [2.75, 3.05) is 0 Å². The number of nitrogens with one attached hydrogen (secondary N) is 1. The molecule has 0 unspecified atom stereocenters. The van der Waals surface area contributed by atoms with Crippen LogP contribution < -0.4 is 11.1 Å². The zero-order chi connectivity index (χ0) is 12.8. The summed E-state index contributed by atoms with van der Waals surface area (Å²) < 4.78 is 0. The topological polar surface area (TPSA) is 92.4 Å². The Labute approximate surface area is 102 Å². The maximum atomic E-state index is 11.9. The zero-order valence-corrected chi connectivity index (χ0v) is 10.3. The third kappa shape index (κ3) is 4.34. The van der Waals surface area contributed by atoms with Crippen LogP contribution >= 0.6 is 0 Å². The first-order chi connectivity index (χ1) is 8.04. The van der Waals surface area contributed by atoms with E-state index in [-0.39, 0.29) is 17.9 Å². The highest BCUT2D eigenvalue weighted by Crippen LogP contribution is 2.23. The third-order valence-corrected chi connectivity index (χ3v) is 3.33. The van der Waals surface area contributed by atoms with Gasteiger partial charge in [-0.3, -0.25) is 4.79 Å². The minimum absolute atomic E-state index is 0.0616. The van der Waals surface area contributed by atoms with Crippen molar-refractivity contribution in [1.82, 2.24) is 5.32 Å². The second kappa shape index (κ2) is 6.59. The molecule has 1 rings (SSSR count). The number of hydrogen-bond acceptors (Lipinski definition) is 3. The van der Waals surface area contributed by atoms with E-state index in [0.29, 0.717) is 6.42 Å². The van der Waals surface area contributed by atoms with Crippen LogP contribution in [0.4, 0.5) is 0 Å². The number of rotatable bonds is 5. The fourth-order valence-electron chi connectivity index (χ4n) is 2.22. The fourth-order valence-corrected chi connectivity index (χ4v) is 2.22. The largest absolute Gasteiger partial charge is 0.480 e. The first kappa shape index (κ1) is 14.0. The standard InChI is InChI=1S/C12H22N2O3/c1-2-3-10(12(16)17)14-11(15)8-4-6-9(13)7-5-8/h8-10H,2-7,13H2,1H3,(H,14,15)(H,16,17)/t8?,9?,10-/m1/s1. The van der Waals surface area contributed by atoms with Crippen LogP contribution in [-0.4, -0.2) is 29.1 Å². The first-order valence-electron chi connectivity index (χ1n) is 6.33. The van der Waals surface area contributed by atoms with Crippen molar-refractivity contribution in [2.45, 2.75) is 57.5 Å². The molecule has 0 bridgehead atoms. The van der Waals surface area contributed by atoms with Crippen LogP contribution in [0, 0.1) is 5.92 Å². The number of amides is 1. The summed E-state index contributed by atoms with van der Waals surface area (Å²) in [6.45, 7) is 1.90. The number of carboxylic acid groups (broad SMARTS) is 1. The molecule has 0 saturated heterocycles. The molecule has 0 radical (unpaired) electrons. The van der Waals surface area contributed by atoms with Gasteiger partial charge in [0.25, 0.3) is 0 Å². The van der Waals surface area contributed by atoms with Crippen molar-refractivity contribution >= 4 is 11.9 Å². The number of hydrogen-bond donors (Lipinski definition) is 3. The lowest BCUT2D eigenvalue weighted by Gasteiger charge is -2.26. The zero-order valence-electron chi connectivity index (χ0n) is 10.3. The lowest BCUT2D eigenvalue weighted by atomic mass is 9.86. The quantitative estimate of drug-likeness (QED) is 0.667. The van der Waals surface area contributed by atoms with E-state index in [1.165, 1.54) is 0 Å². The maximum Gasteiger partial charge on any atom is 0.326 e. The average molecular weight is 242 g/mol. The molecule has 0 aromatic rings. The summed E-state index contributed by atoms with van der Waals surface area (Å²) in [7, 11) is 0. The van der Waals surface area contributed by atoms with Gasteiger partial charge in [0, 0.05) is 12.0 Å². The minimum Gasteiger partial charge on any atom is -0.480 e. The number of carbonyl (C=O) groups excluding carboxylic acids is 1. The first-order valence-corrected chi connectivity index (χ1v) is 6.33. The fraction of sp³-hybridized carbons (Fsp3) is 0.833. The Hall–Kier alpha value is -1.10. The molecule has 1 amide bonds. The summed E-state index contributed by atoms with van der Waals surface area (Å²) in [6, 6.07) is -0.548. The molecule has 1 saturated carbocycles. The monoisotopic (exact) mass is 242 g/mol. The smallest absolute Gasteiger partial charge is 0.326 e. The Bertz CT molecular complexity index is 273. The van der Waals surface area contributed by atoms with Crippen LogP contribution in [0.25, 0.3) is 0 Å². The third-order valence-electron chi connectivity index (χ3n) is 3.33. The number of carboxylic acids is 1. The Morgan fingerprint density at radius 3 is 2.41 bits per heavy atom. The summed E-state index contributed by atoms with van der Waals surface area (Å²) >= 11 is 0. The van der Waals surface area contributed by atoms with Crippen molar-refractivity contribution in [3.05, 3.63) is 0 Å². The van der Waals surface area contributed by atoms with Gasteiger partial charge >= 0.3 is 5.97 Å². The van der Waals surface area contributed by atoms with Crippen LogP contribution in [0.3, 0.4) is 0 Å². The van der Waals surface area contributed by atoms with Crippen molar-refractivity contribution in [1.29, 1.82) is 0 Å². The van der Waals surface area contributed by atoms with Gasteiger partial charge in [0.05, 0.1) is 0 Å². The van der Waals surface area contributed by atoms with Gasteiger partial charge in [-0.25, -0.2) is 4.79 Å². The molecule has 0 aromatic carbocycles. The molecule has 5 nitrogen and oxygen atoms in total. The van der Waals surface area contributed by atoms with Gasteiger partial charge in [-0.1, -0.05) is 13.3 Å². The number of aliphatic carboxylic acids is 1. The summed E-state index contributed by atoms with van der Waals surface area (Å²) in [5.74, 6) is -1.14. The molecule has 0 aliphatic heterocycles. The van der Waals surface area contributed by atoms with Crippen molar-refractivity contribution in [2.24, 2.45) is 11.7 Å². The van der Waals surface area contributed by atoms with Gasteiger partial charge in [0.2, 0.25) is 5.91 Å². The minimum atomic E-state index is -0.951. The highest BCUT2D eigenvalue weighted by atomic mass is 16.4. The number of nitrogens with two attached hydrogens (primary N) is 1. The summed E-state index contributed by atoms with van der Waals surface area (Å²) in [5.41, 5.74) is 5.77. The predicted molar refractivity (Wildman–Crippen MR) is 64.4 cm³/mol. The van der Waals surface area contributed by atoms with E-state index in [4.69, 9.17) is 10.8 Å². The SMILES string of the molecule is CCC[C@@H](NC(=O)C1CCC(N)CC1)C(=O)O. The van der Waals surface area contributed by atoms with Gasteiger partial charge in [-0.2, -0.15) is 0 Å². The average Bonchev–Trinajstić information content (AvgIpc) is 2.29. The molecule has 1 atom stereocenters. The normalized spacial score (nSPS) is 26.2. The molecule has 4 N–H and O–H groups in total. The lowest BCUT2D eigenvalue weighted by Crippen LogP contribution is -2.45. The van der Waals surface area contributed by atoms with Gasteiger partial charge in [-0.15, -0.1) is 0 Å². The summed E-state index contributed by atoms with van der Waals surface area (Å²) in [6.07, 6.45) is 4.46. The summed E-state index contributed by atoms with van der Waals surface area (Å²) in [5, 5.41) is 11.6. The molecule has 1 aliphatic rings. The van der Waals surface area contributed by atoms with Crippen LogP contribution in [0.1, 0.15) is 45.4 Å². The Balaban J connectivity index is 2.44. The Morgan fingerprint density at radius 2 is 1.94 bits per heavy atom. The molecule has 0 spiro atoms. The summed E-state index contributed by atoms with van der Waals surface area (Å²) in [4.78, 5) is 22.8. The van der Waals surface area contributed by atoms with E-state index in [0.717, 1.165) is 32.1 Å². The molecular formula is C12H22N2O3. The van der Waals surface area contributed by atoms with E-state index in [9.17, 15) is 9.59 Å².